The maximum Gasteiger partial charge on any atom is 0.634 e. The molecule has 0 saturated heterocycles. The van der Waals surface area contributed by atoms with Crippen LogP contribution in [0.2, 0.25) is 0 Å². The molecular weight excluding hydrogens is 240 g/mol. The van der Waals surface area contributed by atoms with Gasteiger partial charge in [-0.3, -0.25) is 4.98 Å². The molecule has 0 heterocycles. The van der Waals surface area contributed by atoms with Crippen molar-refractivity contribution in [3.63, 3.8) is 0 Å². The Morgan fingerprint density at radius 1 is 1.00 bits per heavy atom. The molecule has 0 unspecified atom stereocenters. The van der Waals surface area contributed by atoms with Crippen LogP contribution in [0.3, 0.4) is 0 Å². The van der Waals surface area contributed by atoms with Crippen molar-refractivity contribution in [3.05, 3.63) is 0 Å². The quantitative estimate of drug-likeness (QED) is 0.615. The molecule has 0 saturated carbocycles. The maximum atomic E-state index is 11.6. The lowest BCUT2D eigenvalue weighted by Crippen LogP contribution is -2.63. The first kappa shape index (κ1) is 16.4. The first-order valence-electron chi connectivity index (χ1n) is 6.11. The van der Waals surface area contributed by atoms with Crippen molar-refractivity contribution < 1.29 is 18.1 Å². The number of amides is 2. The molecule has 0 spiro atoms. The van der Waals surface area contributed by atoms with Gasteiger partial charge in [0.1, 0.15) is 0 Å². The van der Waals surface area contributed by atoms with E-state index in [1.807, 2.05) is 27.7 Å². The van der Waals surface area contributed by atoms with Crippen LogP contribution in [-0.2, 0) is 13.3 Å². The summed E-state index contributed by atoms with van der Waals surface area (Å²) in [4.78, 5) is 14.3. The van der Waals surface area contributed by atoms with Crippen LogP contribution in [0.25, 0.3) is 0 Å². The van der Waals surface area contributed by atoms with E-state index < -0.39 is 8.97 Å². The van der Waals surface area contributed by atoms with Crippen molar-refractivity contribution in [2.45, 2.75) is 34.1 Å². The van der Waals surface area contributed by atoms with E-state index in [4.69, 9.17) is 13.3 Å². The minimum absolute atomic E-state index is 0.311. The highest BCUT2D eigenvalue weighted by atomic mass is 28.4. The van der Waals surface area contributed by atoms with Crippen molar-refractivity contribution >= 4 is 15.0 Å². The lowest BCUT2D eigenvalue weighted by atomic mass is 10.5. The Morgan fingerprint density at radius 2 is 1.47 bits per heavy atom. The third-order valence-electron chi connectivity index (χ3n) is 1.81. The Bertz CT molecular complexity index is 199. The summed E-state index contributed by atoms with van der Waals surface area (Å²) in [6.07, 6.45) is 0.875. The fraction of sp³-hybridized carbons (Fsp3) is 0.900. The number of urea groups is 1. The molecule has 2 amide bonds. The van der Waals surface area contributed by atoms with Crippen LogP contribution in [0, 0.1) is 0 Å². The van der Waals surface area contributed by atoms with Crippen LogP contribution >= 0.6 is 0 Å². The van der Waals surface area contributed by atoms with Crippen LogP contribution in [0.5, 0.6) is 0 Å². The van der Waals surface area contributed by atoms with E-state index in [-0.39, 0.29) is 6.03 Å². The summed E-state index contributed by atoms with van der Waals surface area (Å²) < 4.78 is 16.5. The van der Waals surface area contributed by atoms with Gasteiger partial charge in [-0.25, -0.2) is 4.79 Å². The van der Waals surface area contributed by atoms with E-state index in [0.29, 0.717) is 26.4 Å². The summed E-state index contributed by atoms with van der Waals surface area (Å²) >= 11 is 0. The van der Waals surface area contributed by atoms with Gasteiger partial charge in [-0.05, 0) is 27.2 Å². The second kappa shape index (κ2) is 9.40. The topological polar surface area (TPSA) is 68.8 Å². The molecule has 0 aromatic heterocycles. The average Bonchev–Trinajstić information content (AvgIpc) is 2.27. The second-order valence-corrected chi connectivity index (χ2v) is 5.46. The maximum absolute atomic E-state index is 11.6. The zero-order valence-corrected chi connectivity index (χ0v) is 12.2. The molecule has 0 aliphatic rings. The molecule has 17 heavy (non-hydrogen) atoms. The molecular formula is C10H24N2O4Si. The smallest absolute Gasteiger partial charge is 0.357 e. The number of nitrogens with one attached hydrogen (secondary N) is 2. The molecule has 6 nitrogen and oxygen atoms in total. The minimum Gasteiger partial charge on any atom is -0.357 e. The summed E-state index contributed by atoms with van der Waals surface area (Å²) in [6, 6.07) is -0.311. The van der Waals surface area contributed by atoms with Gasteiger partial charge in [0.15, 0.2) is 0 Å². The molecule has 0 rings (SSSR count). The molecule has 0 aliphatic heterocycles. The van der Waals surface area contributed by atoms with E-state index in [1.165, 1.54) is 0 Å². The van der Waals surface area contributed by atoms with Crippen LogP contribution in [0.4, 0.5) is 4.79 Å². The first-order valence-corrected chi connectivity index (χ1v) is 7.84. The first-order chi connectivity index (χ1) is 8.14. The van der Waals surface area contributed by atoms with Crippen molar-refractivity contribution in [1.29, 1.82) is 0 Å². The highest BCUT2D eigenvalue weighted by Crippen LogP contribution is 2.06. The molecule has 102 valence electrons. The molecule has 0 radical (unpaired) electrons. The largest absolute Gasteiger partial charge is 0.634 e. The Kier molecular flexibility index (Phi) is 9.05. The monoisotopic (exact) mass is 264 g/mol. The fourth-order valence-electron chi connectivity index (χ4n) is 1.23. The number of carbonyl (C=O) groups is 1. The van der Waals surface area contributed by atoms with Crippen molar-refractivity contribution in [2.75, 3.05) is 26.4 Å². The summed E-state index contributed by atoms with van der Waals surface area (Å²) in [6.45, 7) is 9.41. The summed E-state index contributed by atoms with van der Waals surface area (Å²) in [5.41, 5.74) is 0. The van der Waals surface area contributed by atoms with E-state index in [2.05, 4.69) is 10.3 Å². The van der Waals surface area contributed by atoms with Gasteiger partial charge >= 0.3 is 15.0 Å². The average molecular weight is 264 g/mol. The van der Waals surface area contributed by atoms with Crippen LogP contribution in [0.15, 0.2) is 0 Å². The van der Waals surface area contributed by atoms with E-state index >= 15 is 0 Å². The highest BCUT2D eigenvalue weighted by Gasteiger charge is 2.44. The van der Waals surface area contributed by atoms with E-state index in [0.717, 1.165) is 6.42 Å². The van der Waals surface area contributed by atoms with Crippen molar-refractivity contribution in [1.82, 2.24) is 10.3 Å². The lowest BCUT2D eigenvalue weighted by molar-refractivity contribution is 0.0631. The predicted octanol–water partition coefficient (Wildman–Crippen LogP) is 1.24. The molecule has 0 fully saturated rings. The standard InChI is InChI=1S/C10H24N2O4Si/c1-5-9-11-10(13)12-17(14-6-2,15-7-3)16-8-4/h5-9H2,1-4H3,(H2,11,12,13). The zero-order chi connectivity index (χ0) is 13.1. The van der Waals surface area contributed by atoms with Gasteiger partial charge in [-0.1, -0.05) is 6.92 Å². The second-order valence-electron chi connectivity index (χ2n) is 3.24. The number of carbonyl (C=O) groups excluding carboxylic acids is 1. The Balaban J connectivity index is 4.46. The fourth-order valence-corrected chi connectivity index (χ4v) is 3.20. The molecule has 0 aromatic rings. The number of rotatable bonds is 9. The Hall–Kier alpha value is -0.633. The Morgan fingerprint density at radius 3 is 1.82 bits per heavy atom. The third kappa shape index (κ3) is 6.62. The van der Waals surface area contributed by atoms with Gasteiger partial charge in [0, 0.05) is 26.4 Å². The summed E-state index contributed by atoms with van der Waals surface area (Å²) in [5, 5.41) is 2.71. The third-order valence-corrected chi connectivity index (χ3v) is 4.34. The molecule has 0 aromatic carbocycles. The van der Waals surface area contributed by atoms with Crippen LogP contribution < -0.4 is 10.3 Å². The zero-order valence-electron chi connectivity index (χ0n) is 11.2. The van der Waals surface area contributed by atoms with Crippen LogP contribution in [0.1, 0.15) is 34.1 Å². The number of hydrogen-bond acceptors (Lipinski definition) is 4. The van der Waals surface area contributed by atoms with Crippen LogP contribution in [-0.4, -0.2) is 41.4 Å². The normalized spacial score (nSPS) is 11.3. The summed E-state index contributed by atoms with van der Waals surface area (Å²) in [5.74, 6) is 0. The SMILES string of the molecule is CCCNC(=O)N[Si](OCC)(OCC)OCC. The molecule has 0 atom stereocenters. The minimum atomic E-state index is -3.07. The molecule has 2 N–H and O–H groups in total. The van der Waals surface area contributed by atoms with Gasteiger partial charge in [0.05, 0.1) is 0 Å². The molecule has 0 aliphatic carbocycles. The molecule has 7 heteroatoms. The van der Waals surface area contributed by atoms with Gasteiger partial charge in [-0.2, -0.15) is 0 Å². The van der Waals surface area contributed by atoms with Gasteiger partial charge < -0.3 is 18.6 Å². The van der Waals surface area contributed by atoms with Gasteiger partial charge in [0.25, 0.3) is 0 Å². The number of hydrogen-bond donors (Lipinski definition) is 2. The lowest BCUT2D eigenvalue weighted by Gasteiger charge is -2.27. The van der Waals surface area contributed by atoms with Crippen molar-refractivity contribution in [3.8, 4) is 0 Å². The van der Waals surface area contributed by atoms with Gasteiger partial charge in [0.2, 0.25) is 0 Å². The molecule has 0 bridgehead atoms. The van der Waals surface area contributed by atoms with E-state index in [1.54, 1.807) is 0 Å². The van der Waals surface area contributed by atoms with E-state index in [9.17, 15) is 4.79 Å². The Labute approximate surface area is 104 Å². The highest BCUT2D eigenvalue weighted by molar-refractivity contribution is 6.60. The summed E-state index contributed by atoms with van der Waals surface area (Å²) in [7, 11) is -3.07. The predicted molar refractivity (Wildman–Crippen MR) is 67.5 cm³/mol. The van der Waals surface area contributed by atoms with Gasteiger partial charge in [-0.15, -0.1) is 0 Å². The van der Waals surface area contributed by atoms with Crippen molar-refractivity contribution in [2.24, 2.45) is 0 Å².